The molecular formula is C20H22FN3O2. The summed E-state index contributed by atoms with van der Waals surface area (Å²) in [6, 6.07) is 10.9. The fraction of sp³-hybridized carbons (Fsp3) is 0.350. The Bertz CT molecular complexity index is 792. The van der Waals surface area contributed by atoms with Crippen LogP contribution in [-0.2, 0) is 0 Å². The quantitative estimate of drug-likeness (QED) is 0.917. The zero-order chi connectivity index (χ0) is 18.5. The Balaban J connectivity index is 1.56. The standard InChI is InChI=1S/C20H22FN3O2/c1-14-4-2-6-18(23-14)20(26)24-11-3-5-15(13-24)12-22-19(25)16-7-9-17(21)10-8-16/h2,4,6-10,15H,3,5,11-13H2,1H3,(H,22,25)/t15-/m1/s1. The van der Waals surface area contributed by atoms with Crippen molar-refractivity contribution < 1.29 is 14.0 Å². The number of carbonyl (C=O) groups excluding carboxylic acids is 2. The van der Waals surface area contributed by atoms with Crippen LogP contribution in [0.3, 0.4) is 0 Å². The van der Waals surface area contributed by atoms with E-state index in [2.05, 4.69) is 10.3 Å². The molecule has 1 aromatic heterocycles. The lowest BCUT2D eigenvalue weighted by Crippen LogP contribution is -2.44. The summed E-state index contributed by atoms with van der Waals surface area (Å²) in [4.78, 5) is 30.9. The number of nitrogens with zero attached hydrogens (tertiary/aromatic N) is 2. The van der Waals surface area contributed by atoms with Crippen LogP contribution in [0.5, 0.6) is 0 Å². The normalized spacial score (nSPS) is 17.0. The summed E-state index contributed by atoms with van der Waals surface area (Å²) in [7, 11) is 0. The molecule has 0 radical (unpaired) electrons. The molecule has 1 fully saturated rings. The Morgan fingerprint density at radius 3 is 2.73 bits per heavy atom. The van der Waals surface area contributed by atoms with Crippen LogP contribution >= 0.6 is 0 Å². The fourth-order valence-corrected chi connectivity index (χ4v) is 3.18. The Hall–Kier alpha value is -2.76. The van der Waals surface area contributed by atoms with Gasteiger partial charge in [0.25, 0.3) is 11.8 Å². The van der Waals surface area contributed by atoms with Gasteiger partial charge in [0, 0.05) is 30.9 Å². The summed E-state index contributed by atoms with van der Waals surface area (Å²) in [6.45, 7) is 3.65. The highest BCUT2D eigenvalue weighted by Crippen LogP contribution is 2.18. The minimum atomic E-state index is -0.368. The van der Waals surface area contributed by atoms with Crippen LogP contribution < -0.4 is 5.32 Å². The second kappa shape index (κ2) is 8.08. The van der Waals surface area contributed by atoms with Crippen molar-refractivity contribution in [3.63, 3.8) is 0 Å². The van der Waals surface area contributed by atoms with Gasteiger partial charge in [-0.25, -0.2) is 9.37 Å². The SMILES string of the molecule is Cc1cccc(C(=O)N2CCC[C@H](CNC(=O)c3ccc(F)cc3)C2)n1. The van der Waals surface area contributed by atoms with Crippen molar-refractivity contribution in [3.05, 3.63) is 65.2 Å². The molecule has 1 atom stereocenters. The van der Waals surface area contributed by atoms with E-state index in [0.29, 0.717) is 30.9 Å². The van der Waals surface area contributed by atoms with Gasteiger partial charge in [0.1, 0.15) is 11.5 Å². The number of aromatic nitrogens is 1. The molecule has 0 aliphatic carbocycles. The van der Waals surface area contributed by atoms with Gasteiger partial charge in [-0.3, -0.25) is 9.59 Å². The molecule has 0 spiro atoms. The molecule has 1 N–H and O–H groups in total. The first-order valence-corrected chi connectivity index (χ1v) is 8.79. The predicted octanol–water partition coefficient (Wildman–Crippen LogP) is 2.81. The summed E-state index contributed by atoms with van der Waals surface area (Å²) in [5.41, 5.74) is 1.70. The van der Waals surface area contributed by atoms with Crippen LogP contribution in [0.4, 0.5) is 4.39 Å². The van der Waals surface area contributed by atoms with E-state index >= 15 is 0 Å². The van der Waals surface area contributed by atoms with Gasteiger partial charge in [-0.05, 0) is 62.1 Å². The van der Waals surface area contributed by atoms with Crippen molar-refractivity contribution in [3.8, 4) is 0 Å². The molecule has 0 bridgehead atoms. The molecule has 1 saturated heterocycles. The third-order valence-corrected chi connectivity index (χ3v) is 4.57. The van der Waals surface area contributed by atoms with Crippen LogP contribution in [0.25, 0.3) is 0 Å². The zero-order valence-electron chi connectivity index (χ0n) is 14.7. The van der Waals surface area contributed by atoms with E-state index in [0.717, 1.165) is 18.5 Å². The van der Waals surface area contributed by atoms with E-state index in [4.69, 9.17) is 0 Å². The Kier molecular flexibility index (Phi) is 5.61. The summed E-state index contributed by atoms with van der Waals surface area (Å²) >= 11 is 0. The number of benzene rings is 1. The Morgan fingerprint density at radius 1 is 1.23 bits per heavy atom. The molecule has 2 heterocycles. The topological polar surface area (TPSA) is 62.3 Å². The highest BCUT2D eigenvalue weighted by Gasteiger charge is 2.25. The number of rotatable bonds is 4. The molecule has 1 aliphatic heterocycles. The number of pyridine rings is 1. The molecule has 3 rings (SSSR count). The highest BCUT2D eigenvalue weighted by molar-refractivity contribution is 5.94. The first kappa shape index (κ1) is 18.0. The van der Waals surface area contributed by atoms with Crippen LogP contribution in [-0.4, -0.2) is 41.3 Å². The van der Waals surface area contributed by atoms with Crippen molar-refractivity contribution in [2.75, 3.05) is 19.6 Å². The lowest BCUT2D eigenvalue weighted by molar-refractivity contribution is 0.0665. The first-order chi connectivity index (χ1) is 12.5. The number of carbonyl (C=O) groups is 2. The number of halogens is 1. The van der Waals surface area contributed by atoms with Gasteiger partial charge in [-0.15, -0.1) is 0 Å². The molecule has 6 heteroatoms. The number of hydrogen-bond donors (Lipinski definition) is 1. The van der Waals surface area contributed by atoms with Gasteiger partial charge in [0.05, 0.1) is 0 Å². The second-order valence-corrected chi connectivity index (χ2v) is 6.64. The van der Waals surface area contributed by atoms with Crippen LogP contribution in [0.1, 0.15) is 39.4 Å². The lowest BCUT2D eigenvalue weighted by atomic mass is 9.97. The number of amides is 2. The molecule has 136 valence electrons. The monoisotopic (exact) mass is 355 g/mol. The van der Waals surface area contributed by atoms with Gasteiger partial charge >= 0.3 is 0 Å². The van der Waals surface area contributed by atoms with Crippen molar-refractivity contribution in [2.45, 2.75) is 19.8 Å². The zero-order valence-corrected chi connectivity index (χ0v) is 14.7. The Labute approximate surface area is 152 Å². The predicted molar refractivity (Wildman–Crippen MR) is 96.3 cm³/mol. The van der Waals surface area contributed by atoms with Gasteiger partial charge in [0.2, 0.25) is 0 Å². The van der Waals surface area contributed by atoms with E-state index in [9.17, 15) is 14.0 Å². The molecule has 1 aliphatic rings. The Morgan fingerprint density at radius 2 is 2.00 bits per heavy atom. The molecule has 0 saturated carbocycles. The fourth-order valence-electron chi connectivity index (χ4n) is 3.18. The summed E-state index contributed by atoms with van der Waals surface area (Å²) in [5.74, 6) is -0.466. The van der Waals surface area contributed by atoms with Crippen molar-refractivity contribution in [1.82, 2.24) is 15.2 Å². The molecule has 2 amide bonds. The maximum Gasteiger partial charge on any atom is 0.272 e. The van der Waals surface area contributed by atoms with Gasteiger partial charge in [0.15, 0.2) is 0 Å². The minimum absolute atomic E-state index is 0.0664. The minimum Gasteiger partial charge on any atom is -0.352 e. The lowest BCUT2D eigenvalue weighted by Gasteiger charge is -2.32. The maximum absolute atomic E-state index is 12.9. The number of nitrogens with one attached hydrogen (secondary N) is 1. The molecule has 2 aromatic rings. The smallest absolute Gasteiger partial charge is 0.272 e. The third kappa shape index (κ3) is 4.45. The van der Waals surface area contributed by atoms with Gasteiger partial charge < -0.3 is 10.2 Å². The number of piperidine rings is 1. The van der Waals surface area contributed by atoms with Gasteiger partial charge in [-0.2, -0.15) is 0 Å². The van der Waals surface area contributed by atoms with Gasteiger partial charge in [-0.1, -0.05) is 6.07 Å². The molecule has 1 aromatic carbocycles. The largest absolute Gasteiger partial charge is 0.352 e. The van der Waals surface area contributed by atoms with Crippen molar-refractivity contribution in [1.29, 1.82) is 0 Å². The number of likely N-dealkylation sites (tertiary alicyclic amines) is 1. The second-order valence-electron chi connectivity index (χ2n) is 6.64. The van der Waals surface area contributed by atoms with E-state index in [1.165, 1.54) is 24.3 Å². The molecule has 26 heavy (non-hydrogen) atoms. The molecule has 5 nitrogen and oxygen atoms in total. The third-order valence-electron chi connectivity index (χ3n) is 4.57. The van der Waals surface area contributed by atoms with E-state index in [1.54, 1.807) is 11.0 Å². The maximum atomic E-state index is 12.9. The van der Waals surface area contributed by atoms with Crippen LogP contribution in [0.15, 0.2) is 42.5 Å². The highest BCUT2D eigenvalue weighted by atomic mass is 19.1. The van der Waals surface area contributed by atoms with E-state index in [-0.39, 0.29) is 23.5 Å². The van der Waals surface area contributed by atoms with Crippen molar-refractivity contribution in [2.24, 2.45) is 5.92 Å². The molecular weight excluding hydrogens is 333 g/mol. The number of hydrogen-bond acceptors (Lipinski definition) is 3. The van der Waals surface area contributed by atoms with E-state index < -0.39 is 0 Å². The summed E-state index contributed by atoms with van der Waals surface area (Å²) in [6.07, 6.45) is 1.85. The number of aryl methyl sites for hydroxylation is 1. The molecule has 0 unspecified atom stereocenters. The summed E-state index contributed by atoms with van der Waals surface area (Å²) < 4.78 is 12.9. The first-order valence-electron chi connectivity index (χ1n) is 8.79. The van der Waals surface area contributed by atoms with Crippen molar-refractivity contribution >= 4 is 11.8 Å². The summed E-state index contributed by atoms with van der Waals surface area (Å²) in [5, 5.41) is 2.88. The average Bonchev–Trinajstić information content (AvgIpc) is 2.66. The van der Waals surface area contributed by atoms with E-state index in [1.807, 2.05) is 19.1 Å². The van der Waals surface area contributed by atoms with Crippen LogP contribution in [0, 0.1) is 18.7 Å². The average molecular weight is 355 g/mol. The van der Waals surface area contributed by atoms with Crippen LogP contribution in [0.2, 0.25) is 0 Å².